The molecular weight excluding hydrogens is 775 g/mol. The molecular formula is C53H63N3O6. The van der Waals surface area contributed by atoms with Gasteiger partial charge in [0.2, 0.25) is 0 Å². The number of hydrogen-bond donors (Lipinski definition) is 0. The molecule has 0 atom stereocenters. The van der Waals surface area contributed by atoms with Gasteiger partial charge in [-0.05, 0) is 122 Å². The van der Waals surface area contributed by atoms with Gasteiger partial charge in [-0.25, -0.2) is 9.59 Å². The lowest BCUT2D eigenvalue weighted by molar-refractivity contribution is 0.0682. The van der Waals surface area contributed by atoms with Crippen LogP contribution in [0.25, 0.3) is 0 Å². The second-order valence-electron chi connectivity index (χ2n) is 15.5. The van der Waals surface area contributed by atoms with E-state index in [2.05, 4.69) is 29.1 Å². The van der Waals surface area contributed by atoms with E-state index in [0.717, 1.165) is 31.4 Å². The Morgan fingerprint density at radius 1 is 0.452 bits per heavy atom. The van der Waals surface area contributed by atoms with Crippen molar-refractivity contribution < 1.29 is 28.5 Å². The third-order valence-electron chi connectivity index (χ3n) is 10.3. The standard InChI is InChI=1S/C53H63N3O6/c1-3-5-7-9-11-13-15-20-38-59-48-33-25-43(26-34-48)52(57)61-50-37-24-42(41-54-45-29-31-47(32-30-45)56-55-46-22-18-17-19-23-46)40-51(50)62-53(58)44-27-35-49(36-28-44)60-39-21-16-14-12-10-8-6-4-2/h17-19,22-37,40-41H,3-16,20-21,38-39H2,1-2H3. The number of hydrogen-bond acceptors (Lipinski definition) is 9. The van der Waals surface area contributed by atoms with Crippen LogP contribution in [0.2, 0.25) is 0 Å². The first kappa shape index (κ1) is 47.0. The number of carbonyl (C=O) groups is 2. The van der Waals surface area contributed by atoms with E-state index in [-0.39, 0.29) is 11.5 Å². The van der Waals surface area contributed by atoms with Crippen molar-refractivity contribution >= 4 is 35.2 Å². The molecule has 5 aromatic rings. The lowest BCUT2D eigenvalue weighted by Crippen LogP contribution is -2.13. The zero-order chi connectivity index (χ0) is 43.5. The lowest BCUT2D eigenvalue weighted by Gasteiger charge is -2.12. The largest absolute Gasteiger partial charge is 0.494 e. The highest BCUT2D eigenvalue weighted by atomic mass is 16.6. The highest BCUT2D eigenvalue weighted by Crippen LogP contribution is 2.31. The number of rotatable bonds is 28. The summed E-state index contributed by atoms with van der Waals surface area (Å²) in [4.78, 5) is 31.5. The van der Waals surface area contributed by atoms with E-state index >= 15 is 0 Å². The molecule has 9 heteroatoms. The van der Waals surface area contributed by atoms with Crippen molar-refractivity contribution in [3.05, 3.63) is 138 Å². The van der Waals surface area contributed by atoms with E-state index in [1.54, 1.807) is 72.9 Å². The number of benzene rings is 5. The summed E-state index contributed by atoms with van der Waals surface area (Å²) in [6, 6.07) is 35.6. The third-order valence-corrected chi connectivity index (χ3v) is 10.3. The fourth-order valence-electron chi connectivity index (χ4n) is 6.68. The highest BCUT2D eigenvalue weighted by molar-refractivity contribution is 5.94. The fourth-order valence-corrected chi connectivity index (χ4v) is 6.68. The Morgan fingerprint density at radius 3 is 1.39 bits per heavy atom. The normalized spacial score (nSPS) is 11.3. The molecule has 0 aromatic heterocycles. The van der Waals surface area contributed by atoms with Gasteiger partial charge < -0.3 is 18.9 Å². The van der Waals surface area contributed by atoms with E-state index in [9.17, 15) is 9.59 Å². The van der Waals surface area contributed by atoms with Crippen LogP contribution in [0, 0.1) is 0 Å². The van der Waals surface area contributed by atoms with Gasteiger partial charge in [-0.3, -0.25) is 4.99 Å². The van der Waals surface area contributed by atoms with Crippen molar-refractivity contribution in [1.29, 1.82) is 0 Å². The van der Waals surface area contributed by atoms with Gasteiger partial charge in [0.25, 0.3) is 0 Å². The molecule has 0 bridgehead atoms. The van der Waals surface area contributed by atoms with Gasteiger partial charge in [-0.15, -0.1) is 0 Å². The summed E-state index contributed by atoms with van der Waals surface area (Å²) in [6.07, 6.45) is 21.3. The van der Waals surface area contributed by atoms with Crippen LogP contribution in [0.1, 0.15) is 143 Å². The Bertz CT molecular complexity index is 2100. The van der Waals surface area contributed by atoms with Crippen LogP contribution in [0.3, 0.4) is 0 Å². The molecule has 9 nitrogen and oxygen atoms in total. The molecule has 0 unspecified atom stereocenters. The monoisotopic (exact) mass is 837 g/mol. The average molecular weight is 838 g/mol. The van der Waals surface area contributed by atoms with Crippen molar-refractivity contribution in [3.8, 4) is 23.0 Å². The first-order valence-electron chi connectivity index (χ1n) is 22.7. The highest BCUT2D eigenvalue weighted by Gasteiger charge is 2.18. The maximum atomic E-state index is 13.5. The first-order chi connectivity index (χ1) is 30.5. The topological polar surface area (TPSA) is 108 Å². The van der Waals surface area contributed by atoms with Crippen LogP contribution in [0.5, 0.6) is 23.0 Å². The van der Waals surface area contributed by atoms with Crippen molar-refractivity contribution in [2.45, 2.75) is 117 Å². The van der Waals surface area contributed by atoms with Crippen LogP contribution in [0.4, 0.5) is 17.1 Å². The number of unbranched alkanes of at least 4 members (excludes halogenated alkanes) is 14. The van der Waals surface area contributed by atoms with Gasteiger partial charge in [-0.1, -0.05) is 122 Å². The summed E-state index contributed by atoms with van der Waals surface area (Å²) in [5.41, 5.74) is 3.44. The van der Waals surface area contributed by atoms with Gasteiger partial charge in [0.1, 0.15) is 11.5 Å². The van der Waals surface area contributed by atoms with Crippen molar-refractivity contribution in [2.75, 3.05) is 13.2 Å². The number of aliphatic imine (C=N–C) groups is 1. The van der Waals surface area contributed by atoms with Crippen LogP contribution in [-0.4, -0.2) is 31.4 Å². The Balaban J connectivity index is 1.20. The number of esters is 2. The molecule has 326 valence electrons. The molecule has 0 aliphatic heterocycles. The van der Waals surface area contributed by atoms with E-state index in [1.807, 2.05) is 54.6 Å². The number of carbonyl (C=O) groups excluding carboxylic acids is 2. The van der Waals surface area contributed by atoms with Crippen molar-refractivity contribution in [2.24, 2.45) is 15.2 Å². The number of nitrogens with zero attached hydrogens (tertiary/aromatic N) is 3. The van der Waals surface area contributed by atoms with Crippen molar-refractivity contribution in [3.63, 3.8) is 0 Å². The molecule has 5 rings (SSSR count). The third kappa shape index (κ3) is 17.5. The number of ether oxygens (including phenoxy) is 4. The molecule has 0 saturated carbocycles. The molecule has 0 fully saturated rings. The summed E-state index contributed by atoms with van der Waals surface area (Å²) in [7, 11) is 0. The minimum atomic E-state index is -0.607. The second-order valence-corrected chi connectivity index (χ2v) is 15.5. The van der Waals surface area contributed by atoms with Crippen LogP contribution < -0.4 is 18.9 Å². The summed E-state index contributed by atoms with van der Waals surface area (Å²) in [5, 5.41) is 8.56. The van der Waals surface area contributed by atoms with Crippen LogP contribution in [-0.2, 0) is 0 Å². The first-order valence-corrected chi connectivity index (χ1v) is 22.7. The molecule has 0 radical (unpaired) electrons. The zero-order valence-electron chi connectivity index (χ0n) is 36.6. The summed E-state index contributed by atoms with van der Waals surface area (Å²) in [5.74, 6) is 0.344. The van der Waals surface area contributed by atoms with E-state index in [0.29, 0.717) is 52.8 Å². The quantitative estimate of drug-likeness (QED) is 0.0163. The minimum Gasteiger partial charge on any atom is -0.494 e. The van der Waals surface area contributed by atoms with E-state index in [4.69, 9.17) is 18.9 Å². The molecule has 0 spiro atoms. The van der Waals surface area contributed by atoms with Gasteiger partial charge in [-0.2, -0.15) is 10.2 Å². The Hall–Kier alpha value is -6.09. The Kier molecular flexibility index (Phi) is 21.0. The molecule has 0 N–H and O–H groups in total. The predicted octanol–water partition coefficient (Wildman–Crippen LogP) is 15.3. The second kappa shape index (κ2) is 27.7. The minimum absolute atomic E-state index is 0.0734. The van der Waals surface area contributed by atoms with Crippen LogP contribution >= 0.6 is 0 Å². The number of azo groups is 1. The molecule has 0 heterocycles. The predicted molar refractivity (Wildman–Crippen MR) is 250 cm³/mol. The summed E-state index contributed by atoms with van der Waals surface area (Å²) >= 11 is 0. The van der Waals surface area contributed by atoms with Gasteiger partial charge >= 0.3 is 11.9 Å². The Labute approximate surface area is 368 Å². The smallest absolute Gasteiger partial charge is 0.343 e. The van der Waals surface area contributed by atoms with Crippen LogP contribution in [0.15, 0.2) is 137 Å². The SMILES string of the molecule is CCCCCCCCCCOc1ccc(C(=O)Oc2ccc(C=Nc3ccc(N=Nc4ccccc4)cc3)cc2OC(=O)c2ccc(OCCCCCCCCCC)cc2)cc1. The molecule has 0 saturated heterocycles. The van der Waals surface area contributed by atoms with E-state index < -0.39 is 11.9 Å². The molecule has 62 heavy (non-hydrogen) atoms. The average Bonchev–Trinajstić information content (AvgIpc) is 3.31. The Morgan fingerprint density at radius 2 is 0.887 bits per heavy atom. The molecule has 0 amide bonds. The lowest BCUT2D eigenvalue weighted by atomic mass is 10.1. The molecule has 5 aromatic carbocycles. The summed E-state index contributed by atoms with van der Waals surface area (Å²) < 4.78 is 23.6. The van der Waals surface area contributed by atoms with Gasteiger partial charge in [0, 0.05) is 6.21 Å². The fraction of sp³-hybridized carbons (Fsp3) is 0.377. The van der Waals surface area contributed by atoms with Crippen molar-refractivity contribution in [1.82, 2.24) is 0 Å². The zero-order valence-corrected chi connectivity index (χ0v) is 36.6. The maximum absolute atomic E-state index is 13.5. The van der Waals surface area contributed by atoms with Gasteiger partial charge in [0.15, 0.2) is 11.5 Å². The maximum Gasteiger partial charge on any atom is 0.343 e. The summed E-state index contributed by atoms with van der Waals surface area (Å²) in [6.45, 7) is 5.73. The van der Waals surface area contributed by atoms with E-state index in [1.165, 1.54) is 77.0 Å². The molecule has 0 aliphatic rings. The molecule has 0 aliphatic carbocycles. The van der Waals surface area contributed by atoms with Gasteiger partial charge in [0.05, 0.1) is 41.4 Å².